The van der Waals surface area contributed by atoms with Gasteiger partial charge in [-0.05, 0) is 48.6 Å². The number of hydrogen-bond acceptors (Lipinski definition) is 4. The van der Waals surface area contributed by atoms with Crippen LogP contribution in [-0.2, 0) is 6.54 Å². The van der Waals surface area contributed by atoms with Gasteiger partial charge < -0.3 is 0 Å². The second kappa shape index (κ2) is 6.03. The van der Waals surface area contributed by atoms with Gasteiger partial charge in [0.1, 0.15) is 6.54 Å². The summed E-state index contributed by atoms with van der Waals surface area (Å²) < 4.78 is 2.99. The number of nitrogens with zero attached hydrogens (tertiary/aromatic N) is 3. The van der Waals surface area contributed by atoms with E-state index in [1.165, 1.54) is 16.0 Å². The van der Waals surface area contributed by atoms with Gasteiger partial charge >= 0.3 is 5.69 Å². The number of aromatic nitrogens is 3. The van der Waals surface area contributed by atoms with Crippen LogP contribution in [0.5, 0.6) is 0 Å². The van der Waals surface area contributed by atoms with Gasteiger partial charge in [0.25, 0.3) is 0 Å². The van der Waals surface area contributed by atoms with E-state index in [1.54, 1.807) is 28.8 Å². The maximum absolute atomic E-state index is 12.7. The number of ketones is 1. The highest BCUT2D eigenvalue weighted by atomic mass is 35.5. The Morgan fingerprint density at radius 3 is 2.62 bits per heavy atom. The van der Waals surface area contributed by atoms with Crippen LogP contribution in [0.2, 0.25) is 5.02 Å². The van der Waals surface area contributed by atoms with E-state index in [0.29, 0.717) is 16.4 Å². The van der Waals surface area contributed by atoms with Gasteiger partial charge in [-0.2, -0.15) is 0 Å². The molecule has 1 saturated carbocycles. The lowest BCUT2D eigenvalue weighted by Gasteiger charge is -2.00. The van der Waals surface area contributed by atoms with E-state index >= 15 is 0 Å². The van der Waals surface area contributed by atoms with Crippen molar-refractivity contribution in [2.45, 2.75) is 25.4 Å². The largest absolute Gasteiger partial charge is 0.346 e. The van der Waals surface area contributed by atoms with Crippen molar-refractivity contribution >= 4 is 28.7 Å². The summed E-state index contributed by atoms with van der Waals surface area (Å²) in [6.07, 6.45) is 1.96. The second-order valence-corrected chi connectivity index (χ2v) is 7.16. The van der Waals surface area contributed by atoms with E-state index in [0.717, 1.165) is 17.7 Å². The molecule has 1 aliphatic rings. The normalized spacial score (nSPS) is 14.0. The summed E-state index contributed by atoms with van der Waals surface area (Å²) in [7, 11) is 0. The molecular weight excluding hydrogens is 346 g/mol. The third-order valence-electron chi connectivity index (χ3n) is 3.98. The van der Waals surface area contributed by atoms with Gasteiger partial charge in [0.2, 0.25) is 0 Å². The van der Waals surface area contributed by atoms with Crippen LogP contribution in [-0.4, -0.2) is 20.1 Å². The van der Waals surface area contributed by atoms with Crippen LogP contribution < -0.4 is 5.69 Å². The summed E-state index contributed by atoms with van der Waals surface area (Å²) in [6, 6.07) is 10.7. The fourth-order valence-corrected chi connectivity index (χ4v) is 3.45. The topological polar surface area (TPSA) is 56.9 Å². The van der Waals surface area contributed by atoms with Gasteiger partial charge in [-0.1, -0.05) is 17.7 Å². The molecule has 0 N–H and O–H groups in total. The number of Topliss-reactive ketones (excluding diaryl/α,β-unsaturated/α-hetero) is 1. The molecule has 4 rings (SSSR count). The van der Waals surface area contributed by atoms with Crippen molar-refractivity contribution in [3.8, 4) is 10.7 Å². The first kappa shape index (κ1) is 15.4. The summed E-state index contributed by atoms with van der Waals surface area (Å²) in [5, 5.41) is 6.95. The minimum absolute atomic E-state index is 0.0709. The van der Waals surface area contributed by atoms with Crippen molar-refractivity contribution in [2.75, 3.05) is 0 Å². The van der Waals surface area contributed by atoms with E-state index in [2.05, 4.69) is 5.10 Å². The zero-order valence-electron chi connectivity index (χ0n) is 12.7. The molecule has 0 saturated heterocycles. The first-order chi connectivity index (χ1) is 11.6. The Hall–Kier alpha value is -2.18. The van der Waals surface area contributed by atoms with Crippen molar-refractivity contribution < 1.29 is 4.79 Å². The fourth-order valence-electron chi connectivity index (χ4n) is 2.62. The van der Waals surface area contributed by atoms with Crippen molar-refractivity contribution in [3.05, 3.63) is 62.8 Å². The van der Waals surface area contributed by atoms with Crippen LogP contribution in [0.15, 0.2) is 46.6 Å². The second-order valence-electron chi connectivity index (χ2n) is 5.77. The summed E-state index contributed by atoms with van der Waals surface area (Å²) in [5.41, 5.74) is 0.299. The molecular formula is C17H14ClN3O2S. The Labute approximate surface area is 147 Å². The molecule has 1 aliphatic carbocycles. The van der Waals surface area contributed by atoms with Crippen molar-refractivity contribution in [1.82, 2.24) is 14.3 Å². The van der Waals surface area contributed by atoms with Crippen LogP contribution in [0.25, 0.3) is 10.7 Å². The molecule has 0 spiro atoms. The molecule has 2 heterocycles. The number of halogens is 1. The van der Waals surface area contributed by atoms with E-state index in [9.17, 15) is 9.59 Å². The molecule has 0 aliphatic heterocycles. The first-order valence-corrected chi connectivity index (χ1v) is 8.91. The fraction of sp³-hybridized carbons (Fsp3) is 0.235. The number of carbonyl (C=O) groups excluding carboxylic acids is 1. The maximum Gasteiger partial charge on any atom is 0.346 e. The Kier molecular flexibility index (Phi) is 3.86. The summed E-state index contributed by atoms with van der Waals surface area (Å²) in [4.78, 5) is 26.0. The number of benzene rings is 1. The predicted octanol–water partition coefficient (Wildman–Crippen LogP) is 3.64. The van der Waals surface area contributed by atoms with Gasteiger partial charge in [0, 0.05) is 16.6 Å². The number of thiophene rings is 1. The van der Waals surface area contributed by atoms with Gasteiger partial charge in [-0.25, -0.2) is 9.48 Å². The third kappa shape index (κ3) is 2.83. The molecule has 1 fully saturated rings. The van der Waals surface area contributed by atoms with Crippen LogP contribution in [0, 0.1) is 0 Å². The van der Waals surface area contributed by atoms with Crippen LogP contribution in [0.3, 0.4) is 0 Å². The van der Waals surface area contributed by atoms with Crippen molar-refractivity contribution in [1.29, 1.82) is 0 Å². The highest BCUT2D eigenvalue weighted by Gasteiger charge is 2.31. The van der Waals surface area contributed by atoms with Crippen molar-refractivity contribution in [2.24, 2.45) is 0 Å². The lowest BCUT2D eigenvalue weighted by molar-refractivity contribution is 0.0966. The van der Waals surface area contributed by atoms with E-state index in [-0.39, 0.29) is 24.1 Å². The lowest BCUT2D eigenvalue weighted by atomic mass is 10.1. The Balaban J connectivity index is 1.68. The highest BCUT2D eigenvalue weighted by molar-refractivity contribution is 7.13. The molecule has 24 heavy (non-hydrogen) atoms. The Morgan fingerprint density at radius 2 is 2.00 bits per heavy atom. The maximum atomic E-state index is 12.7. The molecule has 5 nitrogen and oxygen atoms in total. The Bertz CT molecular complexity index is 937. The molecule has 3 aromatic rings. The zero-order chi connectivity index (χ0) is 16.7. The van der Waals surface area contributed by atoms with Gasteiger partial charge in [-0.3, -0.25) is 9.36 Å². The van der Waals surface area contributed by atoms with Crippen LogP contribution >= 0.6 is 22.9 Å². The number of carbonyl (C=O) groups is 1. The minimum Gasteiger partial charge on any atom is -0.292 e. The Morgan fingerprint density at radius 1 is 1.25 bits per heavy atom. The van der Waals surface area contributed by atoms with Gasteiger partial charge in [0.15, 0.2) is 11.6 Å². The van der Waals surface area contributed by atoms with E-state index < -0.39 is 0 Å². The quantitative estimate of drug-likeness (QED) is 0.653. The van der Waals surface area contributed by atoms with Gasteiger partial charge in [0.05, 0.1) is 4.88 Å². The van der Waals surface area contributed by atoms with E-state index in [1.807, 2.05) is 17.5 Å². The third-order valence-corrected chi connectivity index (χ3v) is 5.10. The highest BCUT2D eigenvalue weighted by Crippen LogP contribution is 2.37. The molecule has 0 atom stereocenters. The molecule has 0 radical (unpaired) electrons. The molecule has 1 aromatic carbocycles. The number of hydrogen-bond donors (Lipinski definition) is 0. The summed E-state index contributed by atoms with van der Waals surface area (Å²) >= 11 is 7.38. The van der Waals surface area contributed by atoms with Crippen LogP contribution in [0.1, 0.15) is 29.2 Å². The average molecular weight is 360 g/mol. The first-order valence-electron chi connectivity index (χ1n) is 7.65. The summed E-state index contributed by atoms with van der Waals surface area (Å²) in [6.45, 7) is -0.0709. The smallest absolute Gasteiger partial charge is 0.292 e. The van der Waals surface area contributed by atoms with Gasteiger partial charge in [-0.15, -0.1) is 16.4 Å². The molecule has 7 heteroatoms. The average Bonchev–Trinajstić information content (AvgIpc) is 3.15. The monoisotopic (exact) mass is 359 g/mol. The lowest BCUT2D eigenvalue weighted by Crippen LogP contribution is -2.27. The van der Waals surface area contributed by atoms with Crippen molar-refractivity contribution in [3.63, 3.8) is 0 Å². The molecule has 2 aromatic heterocycles. The molecule has 122 valence electrons. The standard InChI is InChI=1S/C17H14ClN3O2S/c18-12-5-3-11(4-6-12)14(22)10-20-17(23)21(13-7-8-13)16(19-20)15-2-1-9-24-15/h1-6,9,13H,7-8,10H2. The molecule has 0 amide bonds. The predicted molar refractivity (Wildman–Crippen MR) is 93.9 cm³/mol. The van der Waals surface area contributed by atoms with Crippen LogP contribution in [0.4, 0.5) is 0 Å². The zero-order valence-corrected chi connectivity index (χ0v) is 14.3. The SMILES string of the molecule is O=C(Cn1nc(-c2cccs2)n(C2CC2)c1=O)c1ccc(Cl)cc1. The minimum atomic E-state index is -0.219. The number of rotatable bonds is 5. The van der Waals surface area contributed by atoms with E-state index in [4.69, 9.17) is 11.6 Å². The summed E-state index contributed by atoms with van der Waals surface area (Å²) in [5.74, 6) is 0.494. The molecule has 0 unspecified atom stereocenters. The molecule has 0 bridgehead atoms.